The van der Waals surface area contributed by atoms with E-state index in [1.807, 2.05) is 34.6 Å². The number of benzene rings is 3. The van der Waals surface area contributed by atoms with E-state index in [0.29, 0.717) is 11.8 Å². The van der Waals surface area contributed by atoms with Gasteiger partial charge in [0.25, 0.3) is 11.1 Å². The molecule has 4 bridgehead atoms. The summed E-state index contributed by atoms with van der Waals surface area (Å²) in [6.45, 7) is 16.2. The third-order valence-electron chi connectivity index (χ3n) is 14.4. The first-order chi connectivity index (χ1) is 23.6. The number of rotatable bonds is 3. The van der Waals surface area contributed by atoms with Gasteiger partial charge in [-0.3, -0.25) is 19.0 Å². The molecule has 0 amide bonds. The lowest BCUT2D eigenvalue weighted by Gasteiger charge is -2.36. The zero-order valence-electron chi connectivity index (χ0n) is 30.9. The third-order valence-corrected chi connectivity index (χ3v) is 15.1. The zero-order chi connectivity index (χ0) is 35.7. The van der Waals surface area contributed by atoms with Crippen LogP contribution in [0.3, 0.4) is 0 Å². The highest BCUT2D eigenvalue weighted by Gasteiger charge is 2.63. The summed E-state index contributed by atoms with van der Waals surface area (Å²) in [5.41, 5.74) is 11.0. The fraction of sp³-hybridized carbons (Fsp3) is 0.442. The molecule has 2 saturated carbocycles. The van der Waals surface area contributed by atoms with E-state index in [1.54, 1.807) is 0 Å². The van der Waals surface area contributed by atoms with E-state index in [9.17, 15) is 9.59 Å². The molecule has 4 aliphatic carbocycles. The van der Waals surface area contributed by atoms with Crippen LogP contribution >= 0.6 is 22.6 Å². The fourth-order valence-corrected chi connectivity index (χ4v) is 11.5. The van der Waals surface area contributed by atoms with Gasteiger partial charge in [-0.15, -0.1) is 0 Å². The Labute approximate surface area is 309 Å². The molecule has 6 nitrogen and oxygen atoms in total. The summed E-state index contributed by atoms with van der Waals surface area (Å²) >= 11 is 2.30. The molecule has 2 fully saturated rings. The highest BCUT2D eigenvalue weighted by Crippen LogP contribution is 2.68. The van der Waals surface area contributed by atoms with Gasteiger partial charge in [-0.2, -0.15) is 0 Å². The van der Waals surface area contributed by atoms with Gasteiger partial charge < -0.3 is 0 Å². The lowest BCUT2D eigenvalue weighted by molar-refractivity contribution is 0.218. The fourth-order valence-electron chi connectivity index (χ4n) is 10.9. The van der Waals surface area contributed by atoms with Crippen molar-refractivity contribution in [3.8, 4) is 22.5 Å². The predicted octanol–water partition coefficient (Wildman–Crippen LogP) is 9.28. The minimum Gasteiger partial charge on any atom is -0.284 e. The quantitative estimate of drug-likeness (QED) is 0.172. The summed E-state index contributed by atoms with van der Waals surface area (Å²) in [7, 11) is 4.10. The van der Waals surface area contributed by atoms with Crippen molar-refractivity contribution in [3.63, 3.8) is 0 Å². The second-order valence-electron chi connectivity index (χ2n) is 16.9. The minimum absolute atomic E-state index is 0.0692. The van der Waals surface area contributed by atoms with Crippen molar-refractivity contribution in [3.05, 3.63) is 125 Å². The molecule has 0 saturated heterocycles. The van der Waals surface area contributed by atoms with Gasteiger partial charge >= 0.3 is 0 Å². The van der Waals surface area contributed by atoms with Gasteiger partial charge in [-0.1, -0.05) is 84.0 Å². The molecule has 0 spiro atoms. The van der Waals surface area contributed by atoms with Crippen LogP contribution in [-0.2, 0) is 24.9 Å². The molecule has 5 aromatic rings. The normalized spacial score (nSPS) is 26.1. The highest BCUT2D eigenvalue weighted by molar-refractivity contribution is 14.1. The van der Waals surface area contributed by atoms with Crippen LogP contribution in [0.4, 0.5) is 0 Å². The van der Waals surface area contributed by atoms with Crippen LogP contribution in [0.1, 0.15) is 107 Å². The van der Waals surface area contributed by atoms with E-state index < -0.39 is 0 Å². The molecule has 2 heterocycles. The van der Waals surface area contributed by atoms with E-state index in [2.05, 4.69) is 142 Å². The van der Waals surface area contributed by atoms with E-state index >= 15 is 0 Å². The van der Waals surface area contributed by atoms with Crippen molar-refractivity contribution in [2.75, 3.05) is 0 Å². The third kappa shape index (κ3) is 4.19. The van der Waals surface area contributed by atoms with Gasteiger partial charge in [0, 0.05) is 39.6 Å². The lowest BCUT2D eigenvalue weighted by atomic mass is 9.70. The summed E-state index contributed by atoms with van der Waals surface area (Å²) in [4.78, 5) is 26.7. The van der Waals surface area contributed by atoms with Crippen LogP contribution < -0.4 is 11.1 Å². The Balaban J connectivity index is 0.000000149. The maximum absolute atomic E-state index is 13.6. The Kier molecular flexibility index (Phi) is 7.35. The number of hydrogen-bond acceptors (Lipinski definition) is 2. The van der Waals surface area contributed by atoms with Crippen LogP contribution in [-0.4, -0.2) is 18.7 Å². The Morgan fingerprint density at radius 2 is 1.12 bits per heavy atom. The Hall–Kier alpha value is -3.59. The van der Waals surface area contributed by atoms with Gasteiger partial charge in [-0.05, 0) is 125 Å². The Bertz CT molecular complexity index is 2330. The predicted molar refractivity (Wildman–Crippen MR) is 211 cm³/mol. The molecule has 0 N–H and O–H groups in total. The van der Waals surface area contributed by atoms with Gasteiger partial charge in [0.05, 0.1) is 22.8 Å². The standard InChI is InChI=1S/C25H28N2O.C18H21IN2O/c1-16-9-6-7-12-19(16)17-10-8-11-18(15-17)27-23(28)21-20-13-14-25(4,24(20,2)3)22(21)26(27)5;1-17(2)13-8-9-18(17,3)15-14(13)16(22)21(20(15)4)12-7-5-6-11(19)10-12/h6-12,15,20H,13-14H2,1-5H3;5-7,10,13H,8-9H2,1-4H3/t20-,25+;13-,18+/m11/s1. The van der Waals surface area contributed by atoms with Crippen molar-refractivity contribution in [1.29, 1.82) is 0 Å². The summed E-state index contributed by atoms with van der Waals surface area (Å²) < 4.78 is 9.15. The molecule has 4 aliphatic rings. The molecule has 50 heavy (non-hydrogen) atoms. The number of aryl methyl sites for hydroxylation is 1. The number of fused-ring (bicyclic) bond motifs is 10. The molecule has 0 aliphatic heterocycles. The zero-order valence-corrected chi connectivity index (χ0v) is 33.1. The molecular weight excluding hydrogens is 731 g/mol. The second-order valence-corrected chi connectivity index (χ2v) is 18.2. The second kappa shape index (κ2) is 11.0. The smallest absolute Gasteiger partial charge is 0.275 e. The van der Waals surface area contributed by atoms with Gasteiger partial charge in [0.15, 0.2) is 0 Å². The van der Waals surface area contributed by atoms with Crippen molar-refractivity contribution in [2.45, 2.75) is 96.8 Å². The van der Waals surface area contributed by atoms with Gasteiger partial charge in [0.1, 0.15) is 0 Å². The van der Waals surface area contributed by atoms with E-state index in [4.69, 9.17) is 0 Å². The van der Waals surface area contributed by atoms with E-state index in [-0.39, 0.29) is 32.8 Å². The molecule has 7 heteroatoms. The summed E-state index contributed by atoms with van der Waals surface area (Å²) in [6, 6.07) is 25.0. The monoisotopic (exact) mass is 780 g/mol. The molecule has 260 valence electrons. The number of halogens is 1. The molecule has 3 aromatic carbocycles. The first-order valence-electron chi connectivity index (χ1n) is 18.1. The Morgan fingerprint density at radius 1 is 0.640 bits per heavy atom. The van der Waals surface area contributed by atoms with Crippen LogP contribution in [0.2, 0.25) is 0 Å². The van der Waals surface area contributed by atoms with E-state index in [1.165, 1.54) is 28.9 Å². The number of aromatic nitrogens is 4. The molecular formula is C43H49IN4O2. The van der Waals surface area contributed by atoms with E-state index in [0.717, 1.165) is 50.9 Å². The minimum atomic E-state index is 0.0692. The summed E-state index contributed by atoms with van der Waals surface area (Å²) in [5.74, 6) is 0.766. The van der Waals surface area contributed by atoms with Crippen LogP contribution in [0.5, 0.6) is 0 Å². The topological polar surface area (TPSA) is 53.9 Å². The molecule has 0 unspecified atom stereocenters. The number of nitrogens with zero attached hydrogens (tertiary/aromatic N) is 4. The molecule has 0 radical (unpaired) electrons. The first kappa shape index (κ1) is 33.5. The number of hydrogen-bond donors (Lipinski definition) is 0. The van der Waals surface area contributed by atoms with Crippen molar-refractivity contribution in [2.24, 2.45) is 24.9 Å². The maximum Gasteiger partial charge on any atom is 0.275 e. The first-order valence-corrected chi connectivity index (χ1v) is 19.2. The Morgan fingerprint density at radius 3 is 1.60 bits per heavy atom. The van der Waals surface area contributed by atoms with Crippen LogP contribution in [0, 0.1) is 21.3 Å². The molecule has 9 rings (SSSR count). The van der Waals surface area contributed by atoms with Gasteiger partial charge in [-0.25, -0.2) is 9.36 Å². The average molecular weight is 781 g/mol. The van der Waals surface area contributed by atoms with Crippen molar-refractivity contribution in [1.82, 2.24) is 18.7 Å². The summed E-state index contributed by atoms with van der Waals surface area (Å²) in [6.07, 6.45) is 4.61. The summed E-state index contributed by atoms with van der Waals surface area (Å²) in [5, 5.41) is 0. The van der Waals surface area contributed by atoms with Crippen LogP contribution in [0.15, 0.2) is 82.4 Å². The maximum atomic E-state index is 13.6. The van der Waals surface area contributed by atoms with Crippen molar-refractivity contribution < 1.29 is 0 Å². The SMILES string of the molecule is Cc1ccccc1-c1cccc(-n2c(=O)c3c(n2C)[C@]2(C)CC[C@H]3C2(C)C)c1.Cn1c2c(c(=O)n1-c1cccc(I)c1)[C@H]1CC[C@]2(C)C1(C)C. The molecule has 4 atom stereocenters. The highest BCUT2D eigenvalue weighted by atomic mass is 127. The van der Waals surface area contributed by atoms with Crippen LogP contribution in [0.25, 0.3) is 22.5 Å². The molecule has 2 aromatic heterocycles. The van der Waals surface area contributed by atoms with Crippen molar-refractivity contribution >= 4 is 22.6 Å². The van der Waals surface area contributed by atoms with Gasteiger partial charge in [0.2, 0.25) is 0 Å². The lowest BCUT2D eigenvalue weighted by Crippen LogP contribution is -2.35. The largest absolute Gasteiger partial charge is 0.284 e. The average Bonchev–Trinajstić information content (AvgIpc) is 3.76.